The fraction of sp³-hybridized carbons (Fsp3) is 0.636. The van der Waals surface area contributed by atoms with Crippen molar-refractivity contribution >= 4 is 6.08 Å². The SMILES string of the molecule is FC1(Cc2ccc(C=C3CCN(C4CCC4)CC3)cc2)CCOCC1. The van der Waals surface area contributed by atoms with Gasteiger partial charge in [0.15, 0.2) is 0 Å². The van der Waals surface area contributed by atoms with Gasteiger partial charge in [0.25, 0.3) is 0 Å². The maximum Gasteiger partial charge on any atom is 0.119 e. The molecular weight excluding hydrogens is 313 g/mol. The largest absolute Gasteiger partial charge is 0.381 e. The first-order valence-electron chi connectivity index (χ1n) is 9.99. The van der Waals surface area contributed by atoms with Gasteiger partial charge in [0, 0.05) is 51.6 Å². The molecule has 0 spiro atoms. The Labute approximate surface area is 151 Å². The Hall–Kier alpha value is -1.19. The topological polar surface area (TPSA) is 12.5 Å². The average molecular weight is 343 g/mol. The predicted octanol–water partition coefficient (Wildman–Crippen LogP) is 4.78. The number of piperidine rings is 1. The van der Waals surface area contributed by atoms with Crippen LogP contribution in [0.15, 0.2) is 29.8 Å². The molecule has 0 bridgehead atoms. The summed E-state index contributed by atoms with van der Waals surface area (Å²) >= 11 is 0. The van der Waals surface area contributed by atoms with Crippen molar-refractivity contribution in [2.45, 2.75) is 63.1 Å². The first kappa shape index (κ1) is 17.2. The molecule has 1 saturated carbocycles. The summed E-state index contributed by atoms with van der Waals surface area (Å²) < 4.78 is 20.1. The predicted molar refractivity (Wildman–Crippen MR) is 100 cm³/mol. The lowest BCUT2D eigenvalue weighted by atomic mass is 9.88. The molecule has 0 N–H and O–H groups in total. The molecule has 2 saturated heterocycles. The van der Waals surface area contributed by atoms with E-state index in [9.17, 15) is 4.39 Å². The van der Waals surface area contributed by atoms with Crippen LogP contribution < -0.4 is 0 Å². The van der Waals surface area contributed by atoms with Crippen LogP contribution in [0.25, 0.3) is 6.08 Å². The van der Waals surface area contributed by atoms with Crippen LogP contribution in [0.3, 0.4) is 0 Å². The smallest absolute Gasteiger partial charge is 0.119 e. The maximum atomic E-state index is 14.8. The van der Waals surface area contributed by atoms with E-state index in [0.717, 1.165) is 11.6 Å². The minimum absolute atomic E-state index is 0.517. The maximum absolute atomic E-state index is 14.8. The van der Waals surface area contributed by atoms with E-state index in [2.05, 4.69) is 35.2 Å². The second-order valence-corrected chi connectivity index (χ2v) is 8.10. The molecule has 4 rings (SSSR count). The highest BCUT2D eigenvalue weighted by Crippen LogP contribution is 2.31. The molecule has 0 aromatic heterocycles. The average Bonchev–Trinajstić information content (AvgIpc) is 2.57. The van der Waals surface area contributed by atoms with Gasteiger partial charge in [0.1, 0.15) is 5.67 Å². The number of halogens is 1. The van der Waals surface area contributed by atoms with Crippen LogP contribution in [0.2, 0.25) is 0 Å². The Bertz CT molecular complexity index is 589. The van der Waals surface area contributed by atoms with Crippen molar-refractivity contribution in [2.24, 2.45) is 0 Å². The third-order valence-corrected chi connectivity index (χ3v) is 6.29. The summed E-state index contributed by atoms with van der Waals surface area (Å²) in [5.41, 5.74) is 2.85. The number of hydrogen-bond acceptors (Lipinski definition) is 2. The highest BCUT2D eigenvalue weighted by Gasteiger charge is 2.32. The van der Waals surface area contributed by atoms with E-state index >= 15 is 0 Å². The molecule has 0 radical (unpaired) electrons. The van der Waals surface area contributed by atoms with Crippen LogP contribution in [0, 0.1) is 0 Å². The van der Waals surface area contributed by atoms with Crippen LogP contribution in [0.1, 0.15) is 56.1 Å². The van der Waals surface area contributed by atoms with E-state index in [4.69, 9.17) is 4.74 Å². The summed E-state index contributed by atoms with van der Waals surface area (Å²) in [5, 5.41) is 0. The van der Waals surface area contributed by atoms with Crippen molar-refractivity contribution in [3.63, 3.8) is 0 Å². The molecule has 2 aliphatic heterocycles. The van der Waals surface area contributed by atoms with Crippen molar-refractivity contribution in [2.75, 3.05) is 26.3 Å². The van der Waals surface area contributed by atoms with Crippen LogP contribution in [-0.2, 0) is 11.2 Å². The summed E-state index contributed by atoms with van der Waals surface area (Å²) in [6.07, 6.45) is 10.5. The zero-order chi connectivity index (χ0) is 17.1. The van der Waals surface area contributed by atoms with Crippen LogP contribution >= 0.6 is 0 Å². The molecule has 2 nitrogen and oxygen atoms in total. The second kappa shape index (κ2) is 7.59. The molecule has 0 atom stereocenters. The minimum Gasteiger partial charge on any atom is -0.381 e. The molecule has 25 heavy (non-hydrogen) atoms. The van der Waals surface area contributed by atoms with Crippen molar-refractivity contribution in [3.05, 3.63) is 41.0 Å². The monoisotopic (exact) mass is 343 g/mol. The zero-order valence-corrected chi connectivity index (χ0v) is 15.2. The Morgan fingerprint density at radius 3 is 2.36 bits per heavy atom. The van der Waals surface area contributed by atoms with Gasteiger partial charge in [-0.3, -0.25) is 4.90 Å². The van der Waals surface area contributed by atoms with E-state index in [1.165, 1.54) is 50.8 Å². The standard InChI is InChI=1S/C22H30FNO/c23-22(10-14-25-15-11-22)17-20-6-4-18(5-7-20)16-19-8-12-24(13-9-19)21-2-1-3-21/h4-7,16,21H,1-3,8-15,17H2. The Balaban J connectivity index is 1.32. The van der Waals surface area contributed by atoms with Gasteiger partial charge < -0.3 is 4.74 Å². The van der Waals surface area contributed by atoms with Crippen molar-refractivity contribution < 1.29 is 9.13 Å². The number of benzene rings is 1. The molecule has 1 aliphatic carbocycles. The van der Waals surface area contributed by atoms with Gasteiger partial charge in [0.05, 0.1) is 0 Å². The minimum atomic E-state index is -1.08. The summed E-state index contributed by atoms with van der Waals surface area (Å²) in [7, 11) is 0. The molecule has 136 valence electrons. The summed E-state index contributed by atoms with van der Waals surface area (Å²) in [4.78, 5) is 2.68. The molecule has 3 fully saturated rings. The summed E-state index contributed by atoms with van der Waals surface area (Å²) in [6.45, 7) is 3.55. The first-order chi connectivity index (χ1) is 12.2. The third kappa shape index (κ3) is 4.32. The van der Waals surface area contributed by atoms with Gasteiger partial charge in [-0.1, -0.05) is 42.3 Å². The molecule has 3 heteroatoms. The lowest BCUT2D eigenvalue weighted by Gasteiger charge is -2.40. The number of ether oxygens (including phenoxy) is 1. The Morgan fingerprint density at radius 2 is 1.76 bits per heavy atom. The van der Waals surface area contributed by atoms with Gasteiger partial charge in [-0.15, -0.1) is 0 Å². The first-order valence-corrected chi connectivity index (χ1v) is 9.99. The molecule has 3 aliphatic rings. The van der Waals surface area contributed by atoms with Gasteiger partial charge in [-0.05, 0) is 36.8 Å². The van der Waals surface area contributed by atoms with E-state index in [0.29, 0.717) is 32.5 Å². The fourth-order valence-corrected chi connectivity index (χ4v) is 4.32. The molecular formula is C22H30FNO. The van der Waals surface area contributed by atoms with Crippen LogP contribution in [0.5, 0.6) is 0 Å². The lowest BCUT2D eigenvalue weighted by Crippen LogP contribution is -2.43. The van der Waals surface area contributed by atoms with Crippen molar-refractivity contribution in [1.82, 2.24) is 4.90 Å². The lowest BCUT2D eigenvalue weighted by molar-refractivity contribution is -0.00816. The van der Waals surface area contributed by atoms with Gasteiger partial charge in [-0.25, -0.2) is 4.39 Å². The summed E-state index contributed by atoms with van der Waals surface area (Å²) in [6, 6.07) is 9.39. The van der Waals surface area contributed by atoms with E-state index < -0.39 is 5.67 Å². The highest BCUT2D eigenvalue weighted by molar-refractivity contribution is 5.53. The quantitative estimate of drug-likeness (QED) is 0.780. The number of nitrogens with zero attached hydrogens (tertiary/aromatic N) is 1. The summed E-state index contributed by atoms with van der Waals surface area (Å²) in [5.74, 6) is 0. The Kier molecular flexibility index (Phi) is 5.23. The second-order valence-electron chi connectivity index (χ2n) is 8.10. The molecule has 0 amide bonds. The molecule has 1 aromatic rings. The normalized spacial score (nSPS) is 24.8. The molecule has 2 heterocycles. The van der Waals surface area contributed by atoms with Crippen LogP contribution in [-0.4, -0.2) is 42.9 Å². The highest BCUT2D eigenvalue weighted by atomic mass is 19.1. The number of alkyl halides is 1. The molecule has 0 unspecified atom stereocenters. The zero-order valence-electron chi connectivity index (χ0n) is 15.2. The van der Waals surface area contributed by atoms with Crippen LogP contribution in [0.4, 0.5) is 4.39 Å². The molecule has 1 aromatic carbocycles. The number of rotatable bonds is 4. The third-order valence-electron chi connectivity index (χ3n) is 6.29. The van der Waals surface area contributed by atoms with E-state index in [-0.39, 0.29) is 0 Å². The Morgan fingerprint density at radius 1 is 1.08 bits per heavy atom. The number of hydrogen-bond donors (Lipinski definition) is 0. The number of likely N-dealkylation sites (tertiary alicyclic amines) is 1. The van der Waals surface area contributed by atoms with Gasteiger partial charge in [0.2, 0.25) is 0 Å². The fourth-order valence-electron chi connectivity index (χ4n) is 4.32. The van der Waals surface area contributed by atoms with E-state index in [1.807, 2.05) is 0 Å². The van der Waals surface area contributed by atoms with E-state index in [1.54, 1.807) is 5.57 Å². The van der Waals surface area contributed by atoms with Gasteiger partial charge in [-0.2, -0.15) is 0 Å². The van der Waals surface area contributed by atoms with Crippen molar-refractivity contribution in [3.8, 4) is 0 Å². The van der Waals surface area contributed by atoms with Gasteiger partial charge >= 0.3 is 0 Å². The van der Waals surface area contributed by atoms with Crippen molar-refractivity contribution in [1.29, 1.82) is 0 Å².